The van der Waals surface area contributed by atoms with E-state index in [1.807, 2.05) is 0 Å². The van der Waals surface area contributed by atoms with Gasteiger partial charge < -0.3 is 9.80 Å². The Balaban J connectivity index is 0.00000361. The lowest BCUT2D eigenvalue weighted by molar-refractivity contribution is -0.152. The summed E-state index contributed by atoms with van der Waals surface area (Å²) >= 11 is 0. The van der Waals surface area contributed by atoms with E-state index in [0.29, 0.717) is 24.3 Å². The minimum absolute atomic E-state index is 0. The van der Waals surface area contributed by atoms with E-state index >= 15 is 0 Å². The topological polar surface area (TPSA) is 64.2 Å². The first-order chi connectivity index (χ1) is 16.6. The first-order valence-electron chi connectivity index (χ1n) is 11.4. The third-order valence-electron chi connectivity index (χ3n) is 6.52. The van der Waals surface area contributed by atoms with E-state index in [0.717, 1.165) is 17.0 Å². The molecule has 0 spiro atoms. The van der Waals surface area contributed by atoms with Gasteiger partial charge in [0.2, 0.25) is 11.8 Å². The molecule has 2 aromatic rings. The van der Waals surface area contributed by atoms with Crippen LogP contribution in [0.1, 0.15) is 23.6 Å². The number of imide groups is 1. The summed E-state index contributed by atoms with van der Waals surface area (Å²) < 4.78 is 39.3. The molecule has 0 N–H and O–H groups in total. The van der Waals surface area contributed by atoms with E-state index in [4.69, 9.17) is 0 Å². The van der Waals surface area contributed by atoms with Crippen LogP contribution in [-0.2, 0) is 20.6 Å². The maximum Gasteiger partial charge on any atom is 0.416 e. The number of hydrogen-bond acceptors (Lipinski definition) is 5. The van der Waals surface area contributed by atoms with Crippen molar-refractivity contribution in [3.63, 3.8) is 0 Å². The van der Waals surface area contributed by atoms with Crippen LogP contribution in [0.4, 0.5) is 18.9 Å². The summed E-state index contributed by atoms with van der Waals surface area (Å²) in [5, 5.41) is 0. The monoisotopic (exact) mass is 524 g/mol. The van der Waals surface area contributed by atoms with Gasteiger partial charge in [0, 0.05) is 31.9 Å². The Morgan fingerprint density at radius 3 is 2.17 bits per heavy atom. The summed E-state index contributed by atoms with van der Waals surface area (Å²) in [5.74, 6) is -1.19. The maximum atomic E-state index is 13.7. The van der Waals surface area contributed by atoms with Crippen molar-refractivity contribution in [1.82, 2.24) is 14.7 Å². The second kappa shape index (κ2) is 10.9. The van der Waals surface area contributed by atoms with Crippen LogP contribution in [0.2, 0.25) is 0 Å². The van der Waals surface area contributed by atoms with Crippen molar-refractivity contribution in [1.29, 1.82) is 0 Å². The number of anilines is 1. The average Bonchev–Trinajstić information content (AvgIpc) is 3.14. The van der Waals surface area contributed by atoms with Gasteiger partial charge in [-0.25, -0.2) is 0 Å². The lowest BCUT2D eigenvalue weighted by atomic mass is 10.0. The molecule has 2 aromatic carbocycles. The van der Waals surface area contributed by atoms with Gasteiger partial charge in [-0.05, 0) is 37.9 Å². The quantitative estimate of drug-likeness (QED) is 0.562. The molecule has 2 fully saturated rings. The van der Waals surface area contributed by atoms with Crippen LogP contribution >= 0.6 is 12.4 Å². The number of amides is 3. The highest BCUT2D eigenvalue weighted by Crippen LogP contribution is 2.33. The Hall–Kier alpha value is -3.11. The van der Waals surface area contributed by atoms with Gasteiger partial charge in [0.25, 0.3) is 5.91 Å². The zero-order valence-electron chi connectivity index (χ0n) is 19.9. The molecule has 36 heavy (non-hydrogen) atoms. The number of alkyl halides is 3. The van der Waals surface area contributed by atoms with E-state index in [9.17, 15) is 27.6 Å². The van der Waals surface area contributed by atoms with Gasteiger partial charge >= 0.3 is 6.18 Å². The summed E-state index contributed by atoms with van der Waals surface area (Å²) in [7, 11) is 3.43. The van der Waals surface area contributed by atoms with Crippen LogP contribution in [0, 0.1) is 0 Å². The molecule has 7 nitrogen and oxygen atoms in total. The van der Waals surface area contributed by atoms with Gasteiger partial charge in [0.1, 0.15) is 6.04 Å². The summed E-state index contributed by atoms with van der Waals surface area (Å²) in [6.45, 7) is 1.17. The standard InChI is InChI=1S/C25H27F3N4O3.ClH/c1-29(2)20-16-21(33)32(23(20)34)22(17-7-4-3-5-8-17)24(35)31-13-11-30(12-14-31)19-10-6-9-18(15-19)25(26,27)28;/h3-10,15,20,22H,11-14,16H2,1-2H3;1H. The first-order valence-corrected chi connectivity index (χ1v) is 11.4. The molecule has 2 aliphatic rings. The summed E-state index contributed by atoms with van der Waals surface area (Å²) in [6.07, 6.45) is -4.43. The summed E-state index contributed by atoms with van der Waals surface area (Å²) in [6, 6.07) is 12.1. The zero-order chi connectivity index (χ0) is 25.3. The minimum atomic E-state index is -4.43. The minimum Gasteiger partial charge on any atom is -0.368 e. The van der Waals surface area contributed by atoms with Gasteiger partial charge in [0.15, 0.2) is 0 Å². The van der Waals surface area contributed by atoms with Crippen LogP contribution in [0.15, 0.2) is 54.6 Å². The summed E-state index contributed by atoms with van der Waals surface area (Å²) in [4.78, 5) is 45.8. The molecule has 2 aliphatic heterocycles. The number of hydrogen-bond donors (Lipinski definition) is 0. The Morgan fingerprint density at radius 1 is 0.972 bits per heavy atom. The van der Waals surface area contributed by atoms with E-state index < -0.39 is 35.6 Å². The number of carbonyl (C=O) groups is 3. The average molecular weight is 525 g/mol. The number of carbonyl (C=O) groups excluding carboxylic acids is 3. The molecule has 2 saturated heterocycles. The van der Waals surface area contributed by atoms with Gasteiger partial charge in [-0.2, -0.15) is 13.2 Å². The number of rotatable bonds is 5. The highest BCUT2D eigenvalue weighted by atomic mass is 35.5. The van der Waals surface area contributed by atoms with Crippen molar-refractivity contribution in [2.45, 2.75) is 24.7 Å². The van der Waals surface area contributed by atoms with E-state index in [1.165, 1.54) is 6.07 Å². The van der Waals surface area contributed by atoms with Crippen LogP contribution in [0.3, 0.4) is 0 Å². The Labute approximate surface area is 213 Å². The highest BCUT2D eigenvalue weighted by molar-refractivity contribution is 6.08. The fourth-order valence-electron chi connectivity index (χ4n) is 4.58. The number of benzene rings is 2. The number of halogens is 4. The molecule has 2 atom stereocenters. The molecule has 4 rings (SSSR count). The SMILES string of the molecule is CN(C)C1CC(=O)N(C(C(=O)N2CCN(c3cccc(C(F)(F)F)c3)CC2)c2ccccc2)C1=O.Cl. The number of likely N-dealkylation sites (tertiary alicyclic amines) is 1. The molecule has 0 aromatic heterocycles. The molecule has 0 aliphatic carbocycles. The highest BCUT2D eigenvalue weighted by Gasteiger charge is 2.47. The van der Waals surface area contributed by atoms with E-state index in [-0.39, 0.29) is 37.8 Å². The molecule has 0 radical (unpaired) electrons. The smallest absolute Gasteiger partial charge is 0.368 e. The molecule has 0 saturated carbocycles. The normalized spacial score (nSPS) is 19.5. The van der Waals surface area contributed by atoms with Crippen LogP contribution in [-0.4, -0.2) is 78.7 Å². The molecule has 11 heteroatoms. The zero-order valence-corrected chi connectivity index (χ0v) is 20.8. The second-order valence-electron chi connectivity index (χ2n) is 8.96. The maximum absolute atomic E-state index is 13.7. The number of likely N-dealkylation sites (N-methyl/N-ethyl adjacent to an activating group) is 1. The van der Waals surface area contributed by atoms with Crippen molar-refractivity contribution in [2.24, 2.45) is 0 Å². The van der Waals surface area contributed by atoms with Crippen molar-refractivity contribution in [3.05, 3.63) is 65.7 Å². The van der Waals surface area contributed by atoms with Gasteiger partial charge in [0.05, 0.1) is 18.0 Å². The Morgan fingerprint density at radius 2 is 1.61 bits per heavy atom. The first kappa shape index (κ1) is 27.5. The van der Waals surface area contributed by atoms with Crippen molar-refractivity contribution >= 4 is 35.8 Å². The van der Waals surface area contributed by atoms with Crippen molar-refractivity contribution in [2.75, 3.05) is 45.2 Å². The van der Waals surface area contributed by atoms with Gasteiger partial charge in [-0.15, -0.1) is 12.4 Å². The Kier molecular flexibility index (Phi) is 8.30. The fraction of sp³-hybridized carbons (Fsp3) is 0.400. The van der Waals surface area contributed by atoms with Crippen molar-refractivity contribution < 1.29 is 27.6 Å². The van der Waals surface area contributed by atoms with Crippen LogP contribution < -0.4 is 4.90 Å². The van der Waals surface area contributed by atoms with Gasteiger partial charge in [-0.3, -0.25) is 24.2 Å². The predicted octanol–water partition coefficient (Wildman–Crippen LogP) is 3.21. The third-order valence-corrected chi connectivity index (χ3v) is 6.52. The van der Waals surface area contributed by atoms with Crippen LogP contribution in [0.25, 0.3) is 0 Å². The van der Waals surface area contributed by atoms with E-state index in [1.54, 1.807) is 65.2 Å². The predicted molar refractivity (Wildman–Crippen MR) is 131 cm³/mol. The molecule has 2 unspecified atom stereocenters. The molecule has 194 valence electrons. The lowest BCUT2D eigenvalue weighted by Gasteiger charge is -2.39. The molecular formula is C25H28ClF3N4O3. The second-order valence-corrected chi connectivity index (χ2v) is 8.96. The molecule has 3 amide bonds. The molecular weight excluding hydrogens is 497 g/mol. The summed E-state index contributed by atoms with van der Waals surface area (Å²) in [5.41, 5.74) is 0.253. The third kappa shape index (κ3) is 5.49. The molecule has 2 heterocycles. The van der Waals surface area contributed by atoms with Gasteiger partial charge in [-0.1, -0.05) is 36.4 Å². The number of piperazine rings is 1. The lowest BCUT2D eigenvalue weighted by Crippen LogP contribution is -2.53. The Bertz CT molecular complexity index is 1110. The van der Waals surface area contributed by atoms with Crippen LogP contribution in [0.5, 0.6) is 0 Å². The number of nitrogens with zero attached hydrogens (tertiary/aromatic N) is 4. The van der Waals surface area contributed by atoms with Crippen molar-refractivity contribution in [3.8, 4) is 0 Å². The molecule has 0 bridgehead atoms. The fourth-order valence-corrected chi connectivity index (χ4v) is 4.58. The largest absolute Gasteiger partial charge is 0.416 e. The van der Waals surface area contributed by atoms with E-state index in [2.05, 4.69) is 0 Å².